The third kappa shape index (κ3) is 7.82. The number of amides is 2. The van der Waals surface area contributed by atoms with Crippen LogP contribution in [0.5, 0.6) is 0 Å². The number of fused-ring (bicyclic) bond motifs is 1. The molecule has 3 aromatic carbocycles. The first-order valence-corrected chi connectivity index (χ1v) is 11.6. The number of carbonyl (C=O) groups excluding carboxylic acids is 3. The van der Waals surface area contributed by atoms with Gasteiger partial charge in [0.25, 0.3) is 0 Å². The number of unbranched alkanes of at least 4 members (excludes halogenated alkanes) is 3. The topological polar surface area (TPSA) is 105 Å². The Morgan fingerprint density at radius 3 is 2.31 bits per heavy atom. The van der Waals surface area contributed by atoms with Crippen LogP contribution in [0.2, 0.25) is 0 Å². The summed E-state index contributed by atoms with van der Waals surface area (Å²) in [5.41, 5.74) is 2.80. The molecule has 0 unspecified atom stereocenters. The van der Waals surface area contributed by atoms with E-state index < -0.39 is 18.0 Å². The molecule has 0 aliphatic rings. The van der Waals surface area contributed by atoms with Gasteiger partial charge >= 0.3 is 18.0 Å². The number of esters is 1. The molecule has 3 aromatic rings. The minimum Gasteiger partial charge on any atom is -0.462 e. The Kier molecular flexibility index (Phi) is 9.62. The van der Waals surface area contributed by atoms with Crippen molar-refractivity contribution >= 4 is 34.4 Å². The van der Waals surface area contributed by atoms with Crippen molar-refractivity contribution in [3.8, 4) is 0 Å². The van der Waals surface area contributed by atoms with Gasteiger partial charge in [0.15, 0.2) is 0 Å². The van der Waals surface area contributed by atoms with Crippen molar-refractivity contribution in [3.63, 3.8) is 0 Å². The molecule has 2 N–H and O–H groups in total. The van der Waals surface area contributed by atoms with Gasteiger partial charge < -0.3 is 9.47 Å². The summed E-state index contributed by atoms with van der Waals surface area (Å²) in [6.07, 6.45) is 3.70. The molecule has 35 heavy (non-hydrogen) atoms. The van der Waals surface area contributed by atoms with E-state index in [2.05, 4.69) is 10.1 Å². The molecule has 0 saturated heterocycles. The lowest BCUT2D eigenvalue weighted by Crippen LogP contribution is -2.35. The number of aryl methyl sites for hydroxylation is 1. The molecule has 2 amide bonds. The zero-order valence-corrected chi connectivity index (χ0v) is 19.7. The van der Waals surface area contributed by atoms with Crippen LogP contribution < -0.4 is 5.32 Å². The summed E-state index contributed by atoms with van der Waals surface area (Å²) in [7, 11) is 1.10. The molecule has 0 fully saturated rings. The third-order valence-electron chi connectivity index (χ3n) is 5.60. The van der Waals surface area contributed by atoms with E-state index in [-0.39, 0.29) is 13.2 Å². The standard InChI is InChI=1S/C27H30N2O6/c1-34-26(31)25(30)29(33)18-7-3-2-4-9-20-14-16-21(17-15-20)19-35-27(32)28-24-13-8-11-22-10-5-6-12-23(22)24/h5-6,8,10-17,33H,2-4,7,9,18-19H2,1H3,(H,28,32). The van der Waals surface area contributed by atoms with Crippen molar-refractivity contribution < 1.29 is 29.1 Å². The lowest BCUT2D eigenvalue weighted by molar-refractivity contribution is -0.179. The van der Waals surface area contributed by atoms with Crippen molar-refractivity contribution in [1.82, 2.24) is 5.06 Å². The fourth-order valence-corrected chi connectivity index (χ4v) is 3.67. The van der Waals surface area contributed by atoms with E-state index in [9.17, 15) is 19.6 Å². The summed E-state index contributed by atoms with van der Waals surface area (Å²) >= 11 is 0. The lowest BCUT2D eigenvalue weighted by Gasteiger charge is -2.12. The van der Waals surface area contributed by atoms with Gasteiger partial charge in [0.05, 0.1) is 12.8 Å². The zero-order valence-electron chi connectivity index (χ0n) is 19.7. The van der Waals surface area contributed by atoms with Gasteiger partial charge in [-0.15, -0.1) is 0 Å². The average Bonchev–Trinajstić information content (AvgIpc) is 2.89. The zero-order chi connectivity index (χ0) is 25.0. The van der Waals surface area contributed by atoms with Crippen LogP contribution in [0, 0.1) is 0 Å². The normalized spacial score (nSPS) is 10.6. The largest absolute Gasteiger partial charge is 0.462 e. The molecule has 0 bridgehead atoms. The SMILES string of the molecule is COC(=O)C(=O)N(O)CCCCCCc1ccc(COC(=O)Nc2cccc3ccccc23)cc1. The summed E-state index contributed by atoms with van der Waals surface area (Å²) in [5, 5.41) is 14.7. The van der Waals surface area contributed by atoms with E-state index in [0.29, 0.717) is 17.2 Å². The highest BCUT2D eigenvalue weighted by Gasteiger charge is 2.20. The molecule has 0 aliphatic carbocycles. The molecule has 0 aliphatic heterocycles. The molecule has 0 aromatic heterocycles. The Bertz CT molecular complexity index is 1140. The number of anilines is 1. The van der Waals surface area contributed by atoms with Gasteiger partial charge in [-0.1, -0.05) is 73.5 Å². The second-order valence-electron chi connectivity index (χ2n) is 8.13. The van der Waals surface area contributed by atoms with Crippen LogP contribution in [-0.2, 0) is 32.1 Å². The third-order valence-corrected chi connectivity index (χ3v) is 5.60. The van der Waals surface area contributed by atoms with Crippen LogP contribution in [0.3, 0.4) is 0 Å². The van der Waals surface area contributed by atoms with Crippen molar-refractivity contribution in [2.75, 3.05) is 19.0 Å². The highest BCUT2D eigenvalue weighted by atomic mass is 16.6. The first-order chi connectivity index (χ1) is 17.0. The van der Waals surface area contributed by atoms with Gasteiger partial charge in [0, 0.05) is 11.9 Å². The highest BCUT2D eigenvalue weighted by Crippen LogP contribution is 2.23. The van der Waals surface area contributed by atoms with Crippen molar-refractivity contribution in [2.24, 2.45) is 0 Å². The van der Waals surface area contributed by atoms with E-state index in [0.717, 1.165) is 49.1 Å². The maximum absolute atomic E-state index is 12.3. The molecule has 0 radical (unpaired) electrons. The van der Waals surface area contributed by atoms with Gasteiger partial charge in [0.1, 0.15) is 6.61 Å². The maximum atomic E-state index is 12.3. The van der Waals surface area contributed by atoms with Gasteiger partial charge in [0.2, 0.25) is 0 Å². The molecular weight excluding hydrogens is 448 g/mol. The van der Waals surface area contributed by atoms with Crippen molar-refractivity contribution in [1.29, 1.82) is 0 Å². The summed E-state index contributed by atoms with van der Waals surface area (Å²) in [4.78, 5) is 34.7. The fourth-order valence-electron chi connectivity index (χ4n) is 3.67. The van der Waals surface area contributed by atoms with Crippen molar-refractivity contribution in [2.45, 2.75) is 38.7 Å². The van der Waals surface area contributed by atoms with Gasteiger partial charge in [-0.2, -0.15) is 0 Å². The molecular formula is C27H30N2O6. The molecule has 8 heteroatoms. The lowest BCUT2D eigenvalue weighted by atomic mass is 10.0. The minimum atomic E-state index is -1.08. The first-order valence-electron chi connectivity index (χ1n) is 11.6. The molecule has 8 nitrogen and oxygen atoms in total. The fraction of sp³-hybridized carbons (Fsp3) is 0.296. The van der Waals surface area contributed by atoms with Crippen LogP contribution in [0.15, 0.2) is 66.7 Å². The summed E-state index contributed by atoms with van der Waals surface area (Å²) < 4.78 is 9.66. The number of rotatable bonds is 10. The average molecular weight is 479 g/mol. The van der Waals surface area contributed by atoms with E-state index in [1.54, 1.807) is 0 Å². The van der Waals surface area contributed by atoms with E-state index in [1.807, 2.05) is 66.7 Å². The number of carbonyl (C=O) groups is 3. The molecule has 3 rings (SSSR count). The maximum Gasteiger partial charge on any atom is 0.411 e. The minimum absolute atomic E-state index is 0.0940. The van der Waals surface area contributed by atoms with Crippen LogP contribution in [-0.4, -0.2) is 41.9 Å². The van der Waals surface area contributed by atoms with Gasteiger partial charge in [-0.25, -0.2) is 14.7 Å². The number of nitrogens with one attached hydrogen (secondary N) is 1. The Balaban J connectivity index is 1.34. The second-order valence-corrected chi connectivity index (χ2v) is 8.13. The highest BCUT2D eigenvalue weighted by molar-refractivity contribution is 6.31. The molecule has 0 spiro atoms. The Morgan fingerprint density at radius 2 is 1.54 bits per heavy atom. The Morgan fingerprint density at radius 1 is 0.857 bits per heavy atom. The Hall–Kier alpha value is -3.91. The number of hydroxylamine groups is 2. The van der Waals surface area contributed by atoms with Crippen LogP contribution in [0.4, 0.5) is 10.5 Å². The smallest absolute Gasteiger partial charge is 0.411 e. The number of hydrogen-bond donors (Lipinski definition) is 2. The number of benzene rings is 3. The van der Waals surface area contributed by atoms with Crippen LogP contribution >= 0.6 is 0 Å². The van der Waals surface area contributed by atoms with E-state index in [1.165, 1.54) is 5.56 Å². The quantitative estimate of drug-likeness (QED) is 0.138. The van der Waals surface area contributed by atoms with Gasteiger partial charge in [-0.05, 0) is 41.8 Å². The monoisotopic (exact) mass is 478 g/mol. The van der Waals surface area contributed by atoms with Gasteiger partial charge in [-0.3, -0.25) is 15.3 Å². The number of hydrogen-bond acceptors (Lipinski definition) is 6. The summed E-state index contributed by atoms with van der Waals surface area (Å²) in [5.74, 6) is -2.13. The molecule has 0 saturated carbocycles. The number of methoxy groups -OCH3 is 1. The summed E-state index contributed by atoms with van der Waals surface area (Å²) in [6, 6.07) is 21.5. The Labute approximate surface area is 204 Å². The first kappa shape index (κ1) is 25.7. The predicted molar refractivity (Wildman–Crippen MR) is 132 cm³/mol. The second kappa shape index (κ2) is 13.1. The van der Waals surface area contributed by atoms with Crippen LogP contribution in [0.25, 0.3) is 10.8 Å². The van der Waals surface area contributed by atoms with E-state index in [4.69, 9.17) is 4.74 Å². The van der Waals surface area contributed by atoms with Crippen molar-refractivity contribution in [3.05, 3.63) is 77.9 Å². The van der Waals surface area contributed by atoms with Crippen LogP contribution in [0.1, 0.15) is 36.8 Å². The molecule has 0 heterocycles. The summed E-state index contributed by atoms with van der Waals surface area (Å²) in [6.45, 7) is 0.273. The molecule has 0 atom stereocenters. The predicted octanol–water partition coefficient (Wildman–Crippen LogP) is 5.08. The number of ether oxygens (including phenoxy) is 2. The molecule has 184 valence electrons. The van der Waals surface area contributed by atoms with E-state index >= 15 is 0 Å². The number of nitrogens with zero attached hydrogens (tertiary/aromatic N) is 1.